The average molecular weight is 445 g/mol. The average Bonchev–Trinajstić information content (AvgIpc) is 3.17. The fourth-order valence-electron chi connectivity index (χ4n) is 4.39. The third kappa shape index (κ3) is 4.77. The highest BCUT2D eigenvalue weighted by Crippen LogP contribution is 2.38. The fraction of sp³-hybridized carbons (Fsp3) is 0.250. The van der Waals surface area contributed by atoms with E-state index in [9.17, 15) is 9.18 Å². The van der Waals surface area contributed by atoms with Gasteiger partial charge in [0.25, 0.3) is 0 Å². The monoisotopic (exact) mass is 444 g/mol. The highest BCUT2D eigenvalue weighted by molar-refractivity contribution is 5.99. The number of carbonyl (C=O) groups excluding carboxylic acids is 1. The molecule has 3 aromatic carbocycles. The summed E-state index contributed by atoms with van der Waals surface area (Å²) >= 11 is 0. The predicted molar refractivity (Wildman–Crippen MR) is 131 cm³/mol. The van der Waals surface area contributed by atoms with Gasteiger partial charge in [0.2, 0.25) is 0 Å². The minimum absolute atomic E-state index is 0.306. The highest BCUT2D eigenvalue weighted by Gasteiger charge is 2.19. The maximum absolute atomic E-state index is 13.6. The maximum Gasteiger partial charge on any atom is 0.415 e. The van der Waals surface area contributed by atoms with Crippen LogP contribution in [0.1, 0.15) is 30.5 Å². The first-order valence-electron chi connectivity index (χ1n) is 11.3. The van der Waals surface area contributed by atoms with Crippen molar-refractivity contribution in [1.82, 2.24) is 9.47 Å². The van der Waals surface area contributed by atoms with Crippen LogP contribution in [0.15, 0.2) is 66.9 Å². The number of fused-ring (bicyclic) bond motifs is 1. The van der Waals surface area contributed by atoms with E-state index in [1.54, 1.807) is 17.0 Å². The Labute approximate surface area is 194 Å². The van der Waals surface area contributed by atoms with Crippen molar-refractivity contribution in [2.75, 3.05) is 13.1 Å². The van der Waals surface area contributed by atoms with Crippen molar-refractivity contribution in [2.24, 2.45) is 0 Å². The van der Waals surface area contributed by atoms with Crippen molar-refractivity contribution in [3.63, 3.8) is 0 Å². The summed E-state index contributed by atoms with van der Waals surface area (Å²) in [5.41, 5.74) is 6.31. The minimum Gasteiger partial charge on any atom is -0.410 e. The van der Waals surface area contributed by atoms with Gasteiger partial charge in [-0.3, -0.25) is 0 Å². The molecule has 4 nitrogen and oxygen atoms in total. The van der Waals surface area contributed by atoms with Gasteiger partial charge in [-0.2, -0.15) is 0 Å². The molecule has 0 atom stereocenters. The van der Waals surface area contributed by atoms with Crippen molar-refractivity contribution in [3.05, 3.63) is 89.4 Å². The van der Waals surface area contributed by atoms with E-state index in [1.807, 2.05) is 38.2 Å². The quantitative estimate of drug-likeness (QED) is 0.322. The van der Waals surface area contributed by atoms with E-state index in [4.69, 9.17) is 4.74 Å². The Morgan fingerprint density at radius 1 is 0.939 bits per heavy atom. The summed E-state index contributed by atoms with van der Waals surface area (Å²) in [6.45, 7) is 9.91. The highest BCUT2D eigenvalue weighted by atomic mass is 19.1. The number of rotatable bonds is 6. The molecule has 5 heteroatoms. The van der Waals surface area contributed by atoms with Crippen LogP contribution in [0, 0.1) is 19.7 Å². The molecule has 0 spiro atoms. The lowest BCUT2D eigenvalue weighted by Crippen LogP contribution is -2.33. The second-order valence-corrected chi connectivity index (χ2v) is 8.36. The van der Waals surface area contributed by atoms with E-state index in [0.29, 0.717) is 18.8 Å². The third-order valence-electron chi connectivity index (χ3n) is 5.90. The standard InChI is InChI=1S/C28H29FN2O2/c1-5-30(6-2)28(32)33-26-12-11-25-24(27(26)22-7-9-23(29)10-8-22)13-14-31(25)18-21-16-19(3)15-20(4)17-21/h7-17H,5-6,18H2,1-4H3. The first kappa shape index (κ1) is 22.6. The van der Waals surface area contributed by atoms with Crippen LogP contribution < -0.4 is 4.74 Å². The number of hydrogen-bond acceptors (Lipinski definition) is 2. The molecular weight excluding hydrogens is 415 g/mol. The Kier molecular flexibility index (Phi) is 6.50. The van der Waals surface area contributed by atoms with Gasteiger partial charge < -0.3 is 14.2 Å². The third-order valence-corrected chi connectivity index (χ3v) is 5.90. The number of aromatic nitrogens is 1. The molecule has 170 valence electrons. The van der Waals surface area contributed by atoms with E-state index >= 15 is 0 Å². The molecule has 4 aromatic rings. The predicted octanol–water partition coefficient (Wildman–Crippen LogP) is 6.95. The number of carbonyl (C=O) groups is 1. The van der Waals surface area contributed by atoms with Crippen LogP contribution in [0.2, 0.25) is 0 Å². The zero-order chi connectivity index (χ0) is 23.5. The fourth-order valence-corrected chi connectivity index (χ4v) is 4.39. The molecule has 0 aliphatic heterocycles. The van der Waals surface area contributed by atoms with Crippen LogP contribution >= 0.6 is 0 Å². The van der Waals surface area contributed by atoms with Crippen molar-refractivity contribution in [3.8, 4) is 16.9 Å². The molecule has 33 heavy (non-hydrogen) atoms. The van der Waals surface area contributed by atoms with Crippen LogP contribution in [0.25, 0.3) is 22.0 Å². The smallest absolute Gasteiger partial charge is 0.410 e. The summed E-state index contributed by atoms with van der Waals surface area (Å²) < 4.78 is 21.7. The lowest BCUT2D eigenvalue weighted by molar-refractivity contribution is 0.157. The molecule has 1 amide bonds. The van der Waals surface area contributed by atoms with E-state index < -0.39 is 6.09 Å². The number of aryl methyl sites for hydroxylation is 2. The van der Waals surface area contributed by atoms with Gasteiger partial charge in [-0.1, -0.05) is 41.5 Å². The van der Waals surface area contributed by atoms with E-state index in [1.165, 1.54) is 28.8 Å². The summed E-state index contributed by atoms with van der Waals surface area (Å²) in [7, 11) is 0. The van der Waals surface area contributed by atoms with Gasteiger partial charge in [0.15, 0.2) is 0 Å². The Morgan fingerprint density at radius 3 is 2.24 bits per heavy atom. The molecule has 0 aliphatic rings. The van der Waals surface area contributed by atoms with Crippen molar-refractivity contribution in [1.29, 1.82) is 0 Å². The van der Waals surface area contributed by atoms with Crippen molar-refractivity contribution < 1.29 is 13.9 Å². The Hall–Kier alpha value is -3.60. The van der Waals surface area contributed by atoms with Gasteiger partial charge in [-0.05, 0) is 69.2 Å². The first-order chi connectivity index (χ1) is 15.9. The van der Waals surface area contributed by atoms with Gasteiger partial charge >= 0.3 is 6.09 Å². The second-order valence-electron chi connectivity index (χ2n) is 8.36. The Balaban J connectivity index is 1.81. The summed E-state index contributed by atoms with van der Waals surface area (Å²) in [6.07, 6.45) is 1.66. The summed E-state index contributed by atoms with van der Waals surface area (Å²) in [6, 6.07) is 18.7. The van der Waals surface area contributed by atoms with Gasteiger partial charge in [0, 0.05) is 42.3 Å². The lowest BCUT2D eigenvalue weighted by atomic mass is 10.0. The van der Waals surface area contributed by atoms with E-state index in [-0.39, 0.29) is 5.82 Å². The van der Waals surface area contributed by atoms with Crippen LogP contribution in [0.3, 0.4) is 0 Å². The molecule has 4 rings (SSSR count). The van der Waals surface area contributed by atoms with Gasteiger partial charge in [0.05, 0.1) is 0 Å². The molecule has 0 saturated carbocycles. The lowest BCUT2D eigenvalue weighted by Gasteiger charge is -2.20. The number of nitrogens with zero attached hydrogens (tertiary/aromatic N) is 2. The molecular formula is C28H29FN2O2. The molecule has 1 heterocycles. The summed E-state index contributed by atoms with van der Waals surface area (Å²) in [4.78, 5) is 14.3. The maximum atomic E-state index is 13.6. The molecule has 0 radical (unpaired) electrons. The topological polar surface area (TPSA) is 34.5 Å². The Bertz CT molecular complexity index is 1270. The number of halogens is 1. The van der Waals surface area contributed by atoms with Crippen molar-refractivity contribution in [2.45, 2.75) is 34.2 Å². The SMILES string of the molecule is CCN(CC)C(=O)Oc1ccc2c(ccn2Cc2cc(C)cc(C)c2)c1-c1ccc(F)cc1. The molecule has 0 unspecified atom stereocenters. The van der Waals surface area contributed by atoms with Gasteiger partial charge in [-0.15, -0.1) is 0 Å². The van der Waals surface area contributed by atoms with Gasteiger partial charge in [-0.25, -0.2) is 9.18 Å². The second kappa shape index (κ2) is 9.49. The number of ether oxygens (including phenoxy) is 1. The molecule has 0 N–H and O–H groups in total. The largest absolute Gasteiger partial charge is 0.415 e. The summed E-state index contributed by atoms with van der Waals surface area (Å²) in [5.74, 6) is 0.162. The number of amides is 1. The normalized spacial score (nSPS) is 11.1. The van der Waals surface area contributed by atoms with Crippen LogP contribution in [0.4, 0.5) is 9.18 Å². The van der Waals surface area contributed by atoms with Crippen LogP contribution in [0.5, 0.6) is 5.75 Å². The zero-order valence-corrected chi connectivity index (χ0v) is 19.6. The first-order valence-corrected chi connectivity index (χ1v) is 11.3. The van der Waals surface area contributed by atoms with Crippen molar-refractivity contribution >= 4 is 17.0 Å². The van der Waals surface area contributed by atoms with E-state index in [0.717, 1.165) is 28.6 Å². The molecule has 1 aromatic heterocycles. The molecule has 0 saturated heterocycles. The minimum atomic E-state index is -0.391. The van der Waals surface area contributed by atoms with Crippen LogP contribution in [-0.2, 0) is 6.54 Å². The number of hydrogen-bond donors (Lipinski definition) is 0. The van der Waals surface area contributed by atoms with Crippen LogP contribution in [-0.4, -0.2) is 28.6 Å². The number of benzene rings is 3. The Morgan fingerprint density at radius 2 is 1.61 bits per heavy atom. The van der Waals surface area contributed by atoms with E-state index in [2.05, 4.69) is 36.6 Å². The molecule has 0 fully saturated rings. The summed E-state index contributed by atoms with van der Waals surface area (Å²) in [5, 5.41) is 0.954. The zero-order valence-electron chi connectivity index (χ0n) is 19.6. The molecule has 0 aliphatic carbocycles. The molecule has 0 bridgehead atoms. The van der Waals surface area contributed by atoms with Gasteiger partial charge in [0.1, 0.15) is 11.6 Å².